The van der Waals surface area contributed by atoms with Crippen LogP contribution >= 0.6 is 7.82 Å². The van der Waals surface area contributed by atoms with E-state index in [1.807, 2.05) is 0 Å². The van der Waals surface area contributed by atoms with Gasteiger partial charge in [-0.1, -0.05) is 0 Å². The van der Waals surface area contributed by atoms with E-state index in [2.05, 4.69) is 0 Å². The molecule has 1 N–H and O–H groups in total. The summed E-state index contributed by atoms with van der Waals surface area (Å²) in [5.74, 6) is 0. The Morgan fingerprint density at radius 3 is 0.900 bits per heavy atom. The molecule has 0 fully saturated rings. The summed E-state index contributed by atoms with van der Waals surface area (Å²) in [7, 11) is -5.39. The number of rotatable bonds is 0. The van der Waals surface area contributed by atoms with Crippen molar-refractivity contribution in [1.82, 2.24) is 0 Å². The summed E-state index contributed by atoms with van der Waals surface area (Å²) >= 11 is 0. The number of hydrogen-bond donors (Lipinski definition) is 0. The summed E-state index contributed by atoms with van der Waals surface area (Å²) in [5, 5.41) is 0. The number of phosphoric acid groups is 1. The van der Waals surface area contributed by atoms with Gasteiger partial charge in [-0.05, 0) is 0 Å². The van der Waals surface area contributed by atoms with Crippen LogP contribution in [0.1, 0.15) is 0 Å². The van der Waals surface area contributed by atoms with Gasteiger partial charge in [0.1, 0.15) is 0 Å². The van der Waals surface area contributed by atoms with E-state index in [0.717, 1.165) is 0 Å². The molecule has 0 spiro atoms. The molecule has 0 heterocycles. The standard InChI is InChI=1S/K.3Na.H3O4P.H2O/c;;;;1-5(2,3)4;/h;;;;(H3,1,2,3,4);1H2/q4*+1;;/p-4. The third-order valence-electron chi connectivity index (χ3n) is 0. The molecule has 0 aromatic heterocycles. The van der Waals surface area contributed by atoms with Crippen LogP contribution in [0.15, 0.2) is 0 Å². The molecular weight excluding hydrogens is 219 g/mol. The van der Waals surface area contributed by atoms with Crippen LogP contribution in [0.3, 0.4) is 0 Å². The molecule has 0 aliphatic rings. The second kappa shape index (κ2) is 19.3. The molecule has 10 heavy (non-hydrogen) atoms. The van der Waals surface area contributed by atoms with Crippen LogP contribution in [0.4, 0.5) is 0 Å². The molecule has 0 saturated carbocycles. The van der Waals surface area contributed by atoms with Crippen LogP contribution in [0, 0.1) is 0 Å². The molecule has 0 aromatic rings. The smallest absolute Gasteiger partial charge is 0.870 e. The zero-order valence-corrected chi connectivity index (χ0v) is 16.5. The molecule has 10 heteroatoms. The van der Waals surface area contributed by atoms with E-state index in [0.29, 0.717) is 0 Å². The van der Waals surface area contributed by atoms with Crippen LogP contribution in [0.5, 0.6) is 0 Å². The van der Waals surface area contributed by atoms with Gasteiger partial charge in [-0.15, -0.1) is 0 Å². The Balaban J connectivity index is -0.00000000800. The molecule has 0 unspecified atom stereocenters. The van der Waals surface area contributed by atoms with Crippen LogP contribution in [-0.4, -0.2) is 5.48 Å². The third kappa shape index (κ3) is 78.6. The molecule has 0 aliphatic carbocycles. The predicted octanol–water partition coefficient (Wildman–Crippen LogP) is -15.0. The molecular formula is HKNa3O5P. The number of hydrogen-bond acceptors (Lipinski definition) is 5. The molecule has 0 amide bonds. The molecule has 40 valence electrons. The van der Waals surface area contributed by atoms with Crippen molar-refractivity contribution in [3.8, 4) is 0 Å². The van der Waals surface area contributed by atoms with Gasteiger partial charge in [0.2, 0.25) is 0 Å². The fourth-order valence-electron chi connectivity index (χ4n) is 0. The van der Waals surface area contributed by atoms with Gasteiger partial charge in [-0.3, -0.25) is 0 Å². The zero-order chi connectivity index (χ0) is 4.50. The van der Waals surface area contributed by atoms with E-state index in [1.54, 1.807) is 0 Å². The van der Waals surface area contributed by atoms with Crippen molar-refractivity contribution in [2.75, 3.05) is 0 Å². The molecule has 0 saturated heterocycles. The average molecular weight is 220 g/mol. The Hall–Kier alpha value is 4.71. The van der Waals surface area contributed by atoms with E-state index in [1.165, 1.54) is 0 Å². The third-order valence-corrected chi connectivity index (χ3v) is 0. The van der Waals surface area contributed by atoms with Crippen molar-refractivity contribution in [3.05, 3.63) is 0 Å². The van der Waals surface area contributed by atoms with Gasteiger partial charge in [0.25, 0.3) is 0 Å². The fourth-order valence-corrected chi connectivity index (χ4v) is 0. The Kier molecular flexibility index (Phi) is 70.4. The van der Waals surface area contributed by atoms with Gasteiger partial charge in [0.15, 0.2) is 0 Å². The molecule has 0 aromatic carbocycles. The van der Waals surface area contributed by atoms with Gasteiger partial charge in [0.05, 0.1) is 0 Å². The Morgan fingerprint density at radius 2 is 0.900 bits per heavy atom. The van der Waals surface area contributed by atoms with Crippen LogP contribution in [-0.2, 0) is 4.57 Å². The van der Waals surface area contributed by atoms with Crippen molar-refractivity contribution >= 4 is 7.82 Å². The Bertz CT molecular complexity index is 63.0. The van der Waals surface area contributed by atoms with E-state index in [-0.39, 0.29) is 146 Å². The van der Waals surface area contributed by atoms with Gasteiger partial charge >= 0.3 is 140 Å². The summed E-state index contributed by atoms with van der Waals surface area (Å²) in [6, 6.07) is 0. The van der Waals surface area contributed by atoms with E-state index in [9.17, 15) is 0 Å². The summed E-state index contributed by atoms with van der Waals surface area (Å²) in [5.41, 5.74) is 0. The summed E-state index contributed by atoms with van der Waals surface area (Å²) in [4.78, 5) is 25.6. The van der Waals surface area contributed by atoms with Crippen molar-refractivity contribution in [2.45, 2.75) is 0 Å². The van der Waals surface area contributed by atoms with Crippen molar-refractivity contribution in [3.63, 3.8) is 0 Å². The molecule has 0 aliphatic heterocycles. The largest absolute Gasteiger partial charge is 1.00 e. The van der Waals surface area contributed by atoms with E-state index in [4.69, 9.17) is 19.2 Å². The van der Waals surface area contributed by atoms with Gasteiger partial charge in [-0.25, -0.2) is 0 Å². The maximum atomic E-state index is 8.55. The summed E-state index contributed by atoms with van der Waals surface area (Å²) in [6.45, 7) is 0. The Labute approximate surface area is 168 Å². The van der Waals surface area contributed by atoms with Crippen molar-refractivity contribution in [1.29, 1.82) is 0 Å². The molecule has 0 bridgehead atoms. The maximum Gasteiger partial charge on any atom is 1.00 e. The first-order valence-corrected chi connectivity index (χ1v) is 2.19. The minimum absolute atomic E-state index is 0. The van der Waals surface area contributed by atoms with Gasteiger partial charge in [-0.2, -0.15) is 7.82 Å². The molecule has 0 radical (unpaired) electrons. The van der Waals surface area contributed by atoms with Crippen LogP contribution < -0.4 is 155 Å². The summed E-state index contributed by atoms with van der Waals surface area (Å²) < 4.78 is 8.55. The van der Waals surface area contributed by atoms with Gasteiger partial charge in [0, 0.05) is 0 Å². The monoisotopic (exact) mass is 220 g/mol. The topological polar surface area (TPSA) is 116 Å². The minimum atomic E-state index is -5.39. The van der Waals surface area contributed by atoms with Crippen LogP contribution in [0.2, 0.25) is 0 Å². The average Bonchev–Trinajstić information content (AvgIpc) is 0.722. The maximum absolute atomic E-state index is 8.55. The van der Waals surface area contributed by atoms with E-state index < -0.39 is 7.82 Å². The SMILES string of the molecule is O=P([O-])([O-])[O-].[K+].[Na+].[Na+].[Na+].[OH-]. The first kappa shape index (κ1) is 36.4. The van der Waals surface area contributed by atoms with E-state index >= 15 is 0 Å². The summed E-state index contributed by atoms with van der Waals surface area (Å²) in [6.07, 6.45) is 0. The molecule has 0 atom stereocenters. The van der Waals surface area contributed by atoms with Crippen molar-refractivity contribution < 1.29 is 165 Å². The zero-order valence-electron chi connectivity index (χ0n) is 6.53. The van der Waals surface area contributed by atoms with Crippen molar-refractivity contribution in [2.24, 2.45) is 0 Å². The minimum Gasteiger partial charge on any atom is -0.870 e. The quantitative estimate of drug-likeness (QED) is 0.297. The fraction of sp³-hybridized carbons (Fsp3) is 0. The van der Waals surface area contributed by atoms with Crippen LogP contribution in [0.25, 0.3) is 0 Å². The Morgan fingerprint density at radius 1 is 0.900 bits per heavy atom. The second-order valence-corrected chi connectivity index (χ2v) is 1.34. The predicted molar refractivity (Wildman–Crippen MR) is 9.54 cm³/mol. The first-order valence-electron chi connectivity index (χ1n) is 0.730. The normalized spacial score (nSPS) is 5.90. The second-order valence-electron chi connectivity index (χ2n) is 0.447. The molecule has 0 rings (SSSR count). The first-order chi connectivity index (χ1) is 2.00. The van der Waals surface area contributed by atoms with Gasteiger partial charge < -0.3 is 24.7 Å². The molecule has 5 nitrogen and oxygen atoms in total.